The highest BCUT2D eigenvalue weighted by atomic mass is 32.1. The minimum atomic E-state index is 0.748. The van der Waals surface area contributed by atoms with Crippen LogP contribution in [-0.4, -0.2) is 0 Å². The monoisotopic (exact) mass is 631 g/mol. The predicted molar refractivity (Wildman–Crippen MR) is 206 cm³/mol. The van der Waals surface area contributed by atoms with Gasteiger partial charge in [-0.1, -0.05) is 163 Å². The first-order chi connectivity index (χ1) is 22.9. The summed E-state index contributed by atoms with van der Waals surface area (Å²) < 4.78 is 0. The van der Waals surface area contributed by atoms with Crippen LogP contribution < -0.4 is 17.0 Å². The zero-order chi connectivity index (χ0) is 33.0. The highest BCUT2D eigenvalue weighted by molar-refractivity contribution is 7.80. The molecule has 0 bridgehead atoms. The van der Waals surface area contributed by atoms with Crippen LogP contribution in [0.4, 0.5) is 5.69 Å². The van der Waals surface area contributed by atoms with Crippen molar-refractivity contribution in [3.63, 3.8) is 0 Å². The van der Waals surface area contributed by atoms with Crippen molar-refractivity contribution >= 4 is 45.6 Å². The third-order valence-electron chi connectivity index (χ3n) is 7.97. The predicted octanol–water partition coefficient (Wildman–Crippen LogP) is 10.6. The Morgan fingerprint density at radius 3 is 1.77 bits per heavy atom. The van der Waals surface area contributed by atoms with Gasteiger partial charge in [0.2, 0.25) is 0 Å². The number of nitrogen functional groups attached to an aromatic ring is 1. The van der Waals surface area contributed by atoms with Gasteiger partial charge in [0.05, 0.1) is 11.4 Å². The summed E-state index contributed by atoms with van der Waals surface area (Å²) in [7, 11) is 0. The van der Waals surface area contributed by atoms with Crippen LogP contribution >= 0.6 is 12.6 Å². The van der Waals surface area contributed by atoms with Gasteiger partial charge in [0.25, 0.3) is 0 Å². The van der Waals surface area contributed by atoms with Crippen LogP contribution in [0.5, 0.6) is 0 Å². The molecule has 3 nitrogen and oxygen atoms in total. The molecule has 47 heavy (non-hydrogen) atoms. The van der Waals surface area contributed by atoms with Crippen molar-refractivity contribution in [3.8, 4) is 11.1 Å². The van der Waals surface area contributed by atoms with Crippen molar-refractivity contribution in [2.75, 3.05) is 5.73 Å². The number of hydrazine groups is 1. The van der Waals surface area contributed by atoms with E-state index >= 15 is 0 Å². The Morgan fingerprint density at radius 1 is 0.617 bits per heavy atom. The lowest BCUT2D eigenvalue weighted by Gasteiger charge is -2.11. The molecule has 0 unspecified atom stereocenters. The number of hydrogen-bond acceptors (Lipinski definition) is 4. The molecular formula is C43H41N3S. The first kappa shape index (κ1) is 33.1. The lowest BCUT2D eigenvalue weighted by atomic mass is 9.96. The second-order valence-corrected chi connectivity index (χ2v) is 11.9. The van der Waals surface area contributed by atoms with E-state index in [2.05, 4.69) is 123 Å². The van der Waals surface area contributed by atoms with Gasteiger partial charge in [-0.05, 0) is 70.8 Å². The Balaban J connectivity index is 0.000000158. The number of nitrogens with one attached hydrogen (secondary N) is 1. The lowest BCUT2D eigenvalue weighted by molar-refractivity contribution is 0.983. The summed E-state index contributed by atoms with van der Waals surface area (Å²) in [5.41, 5.74) is 18.2. The van der Waals surface area contributed by atoms with Gasteiger partial charge < -0.3 is 11.2 Å². The normalized spacial score (nSPS) is 10.9. The van der Waals surface area contributed by atoms with E-state index in [1.165, 1.54) is 38.6 Å². The summed E-state index contributed by atoms with van der Waals surface area (Å²) in [6.07, 6.45) is 2.97. The Labute approximate surface area is 284 Å². The molecule has 0 saturated heterocycles. The van der Waals surface area contributed by atoms with E-state index in [1.54, 1.807) is 0 Å². The molecule has 234 valence electrons. The van der Waals surface area contributed by atoms with E-state index in [0.717, 1.165) is 39.0 Å². The van der Waals surface area contributed by atoms with Gasteiger partial charge in [-0.3, -0.25) is 5.84 Å². The van der Waals surface area contributed by atoms with Gasteiger partial charge in [0.1, 0.15) is 0 Å². The van der Waals surface area contributed by atoms with Gasteiger partial charge in [-0.15, -0.1) is 12.6 Å². The van der Waals surface area contributed by atoms with E-state index < -0.39 is 0 Å². The van der Waals surface area contributed by atoms with Gasteiger partial charge in [-0.2, -0.15) is 0 Å². The van der Waals surface area contributed by atoms with Gasteiger partial charge in [0.15, 0.2) is 0 Å². The van der Waals surface area contributed by atoms with Crippen LogP contribution in [0.1, 0.15) is 22.3 Å². The van der Waals surface area contributed by atoms with Crippen molar-refractivity contribution in [2.45, 2.75) is 25.2 Å². The summed E-state index contributed by atoms with van der Waals surface area (Å²) in [5, 5.41) is 4.60. The second kappa shape index (κ2) is 16.3. The molecule has 5 N–H and O–H groups in total. The van der Waals surface area contributed by atoms with Crippen molar-refractivity contribution in [3.05, 3.63) is 186 Å². The minimum Gasteiger partial charge on any atom is -0.397 e. The molecule has 0 amide bonds. The average Bonchev–Trinajstić information content (AvgIpc) is 3.12. The topological polar surface area (TPSA) is 64.1 Å². The largest absolute Gasteiger partial charge is 0.397 e. The van der Waals surface area contributed by atoms with Crippen LogP contribution in [0, 0.1) is 13.8 Å². The van der Waals surface area contributed by atoms with Crippen molar-refractivity contribution < 1.29 is 0 Å². The Kier molecular flexibility index (Phi) is 11.5. The molecule has 7 aromatic carbocycles. The molecule has 0 aliphatic carbocycles. The zero-order valence-corrected chi connectivity index (χ0v) is 27.8. The number of nitrogens with two attached hydrogens (primary N) is 2. The number of allylic oxidation sites excluding steroid dienone is 1. The maximum absolute atomic E-state index is 6.32. The number of fused-ring (bicyclic) bond motifs is 3. The molecule has 0 atom stereocenters. The van der Waals surface area contributed by atoms with Crippen LogP contribution in [0.25, 0.3) is 38.4 Å². The van der Waals surface area contributed by atoms with Crippen LogP contribution in [0.15, 0.2) is 169 Å². The average molecular weight is 632 g/mol. The van der Waals surface area contributed by atoms with Crippen molar-refractivity contribution in [1.82, 2.24) is 5.43 Å². The molecule has 0 saturated carbocycles. The molecule has 0 aliphatic heterocycles. The van der Waals surface area contributed by atoms with Gasteiger partial charge >= 0.3 is 0 Å². The Hall–Kier alpha value is -5.29. The van der Waals surface area contributed by atoms with E-state index in [-0.39, 0.29) is 0 Å². The molecule has 0 heterocycles. The molecule has 7 rings (SSSR count). The van der Waals surface area contributed by atoms with Crippen molar-refractivity contribution in [1.29, 1.82) is 0 Å². The fourth-order valence-electron chi connectivity index (χ4n) is 5.33. The van der Waals surface area contributed by atoms with Crippen LogP contribution in [0.3, 0.4) is 0 Å². The van der Waals surface area contributed by atoms with Crippen LogP contribution in [-0.2, 0) is 6.42 Å². The maximum Gasteiger partial charge on any atom is 0.0535 e. The van der Waals surface area contributed by atoms with Gasteiger partial charge in [0, 0.05) is 10.3 Å². The maximum atomic E-state index is 6.32. The summed E-state index contributed by atoms with van der Waals surface area (Å²) in [6.45, 7) is 4.19. The summed E-state index contributed by atoms with van der Waals surface area (Å²) >= 11 is 4.48. The third-order valence-corrected chi connectivity index (χ3v) is 8.36. The number of thiol groups is 1. The molecule has 4 heteroatoms. The first-order valence-electron chi connectivity index (χ1n) is 15.7. The third kappa shape index (κ3) is 8.92. The number of anilines is 1. The van der Waals surface area contributed by atoms with E-state index in [4.69, 9.17) is 11.6 Å². The van der Waals surface area contributed by atoms with Crippen molar-refractivity contribution in [2.24, 2.45) is 5.84 Å². The fraction of sp³-hybridized carbons (Fsp3) is 0.0698. The second-order valence-electron chi connectivity index (χ2n) is 11.4. The highest BCUT2D eigenvalue weighted by Crippen LogP contribution is 2.35. The minimum absolute atomic E-state index is 0.748. The smallest absolute Gasteiger partial charge is 0.0535 e. The fourth-order valence-corrected chi connectivity index (χ4v) is 5.52. The molecule has 0 fully saturated rings. The summed E-state index contributed by atoms with van der Waals surface area (Å²) in [5.74, 6) is 5.55. The van der Waals surface area contributed by atoms with E-state index in [1.807, 2.05) is 72.8 Å². The van der Waals surface area contributed by atoms with E-state index in [9.17, 15) is 0 Å². The SMILES string of the molecule is Cc1ccc(-c2ccc3ccc4ccc(S)c(N)c4c3c2)cc1.Cc1ccccc1.NN/C(=C\Cc1ccccc1)c1ccccc1. The number of rotatable bonds is 5. The quantitative estimate of drug-likeness (QED) is 0.0502. The highest BCUT2D eigenvalue weighted by Gasteiger charge is 2.08. The lowest BCUT2D eigenvalue weighted by Crippen LogP contribution is -2.20. The molecule has 7 aromatic rings. The molecule has 0 aromatic heterocycles. The number of aryl methyl sites for hydroxylation is 2. The van der Waals surface area contributed by atoms with Gasteiger partial charge in [-0.25, -0.2) is 0 Å². The van der Waals surface area contributed by atoms with Crippen LogP contribution in [0.2, 0.25) is 0 Å². The summed E-state index contributed by atoms with van der Waals surface area (Å²) in [6, 6.07) is 54.1. The van der Waals surface area contributed by atoms with E-state index in [0.29, 0.717) is 0 Å². The Morgan fingerprint density at radius 2 is 1.15 bits per heavy atom. The molecule has 0 spiro atoms. The standard InChI is InChI=1S/C21H17NS.C15H16N2.C7H8/c1-13-2-4-14(5-3-13)17-9-7-15-6-8-16-10-11-19(23)21(22)20(16)18(15)12-17;16-17-15(14-9-5-2-6-10-14)12-11-13-7-3-1-4-8-13;1-7-5-3-2-4-6-7/h2-12,23H,22H2,1H3;1-10,12,17H,11,16H2;2-6H,1H3/b;15-12-;. The molecule has 0 radical (unpaired) electrons. The Bertz CT molecular complexity index is 2060. The first-order valence-corrected chi connectivity index (χ1v) is 16.2. The zero-order valence-electron chi connectivity index (χ0n) is 26.9. The molecule has 0 aliphatic rings. The molecular weight excluding hydrogens is 591 g/mol. The number of hydrogen-bond donors (Lipinski definition) is 4. The number of benzene rings is 7. The summed E-state index contributed by atoms with van der Waals surface area (Å²) in [4.78, 5) is 0.825.